The predicted octanol–water partition coefficient (Wildman–Crippen LogP) is 6.30. The van der Waals surface area contributed by atoms with E-state index in [-0.39, 0.29) is 13.2 Å². The van der Waals surface area contributed by atoms with Crippen LogP contribution in [0.15, 0.2) is 97.1 Å². The first-order chi connectivity index (χ1) is 16.7. The van der Waals surface area contributed by atoms with Crippen molar-refractivity contribution in [3.63, 3.8) is 0 Å². The van der Waals surface area contributed by atoms with E-state index in [0.717, 1.165) is 38.7 Å². The minimum atomic E-state index is -0.401. The standard InChI is InChI=1S/C29H23NO4/c1-32-24-14-13-20-17-22(12-11-21(20)18-24)28-19-26(25-9-5-6-10-27(25)30-28)29(31)34-16-15-33-23-7-3-2-4-8-23/h2-14,17-19H,15-16H2,1H3. The molecule has 0 N–H and O–H groups in total. The number of nitrogens with zero attached hydrogens (tertiary/aromatic N) is 1. The highest BCUT2D eigenvalue weighted by Gasteiger charge is 2.15. The quantitative estimate of drug-likeness (QED) is 0.216. The molecule has 0 aliphatic carbocycles. The van der Waals surface area contributed by atoms with Crippen LogP contribution in [0.2, 0.25) is 0 Å². The van der Waals surface area contributed by atoms with E-state index >= 15 is 0 Å². The van der Waals surface area contributed by atoms with E-state index in [1.165, 1.54) is 0 Å². The molecule has 34 heavy (non-hydrogen) atoms. The number of para-hydroxylation sites is 2. The average Bonchev–Trinajstić information content (AvgIpc) is 2.90. The Kier molecular flexibility index (Phi) is 6.08. The minimum Gasteiger partial charge on any atom is -0.497 e. The van der Waals surface area contributed by atoms with Gasteiger partial charge in [-0.05, 0) is 53.2 Å². The second-order valence-corrected chi connectivity index (χ2v) is 7.80. The van der Waals surface area contributed by atoms with Crippen molar-refractivity contribution in [2.24, 2.45) is 0 Å². The molecule has 5 nitrogen and oxygen atoms in total. The van der Waals surface area contributed by atoms with E-state index in [1.54, 1.807) is 13.2 Å². The number of ether oxygens (including phenoxy) is 3. The number of aromatic nitrogens is 1. The number of methoxy groups -OCH3 is 1. The molecule has 0 aliphatic heterocycles. The van der Waals surface area contributed by atoms with E-state index < -0.39 is 5.97 Å². The molecule has 0 spiro atoms. The fourth-order valence-electron chi connectivity index (χ4n) is 3.89. The molecule has 1 heterocycles. The summed E-state index contributed by atoms with van der Waals surface area (Å²) >= 11 is 0. The first-order valence-electron chi connectivity index (χ1n) is 11.0. The maximum Gasteiger partial charge on any atom is 0.339 e. The number of hydrogen-bond acceptors (Lipinski definition) is 5. The minimum absolute atomic E-state index is 0.150. The molecule has 1 aromatic heterocycles. The number of rotatable bonds is 7. The van der Waals surface area contributed by atoms with Gasteiger partial charge in [0.1, 0.15) is 24.7 Å². The summed E-state index contributed by atoms with van der Waals surface area (Å²) in [4.78, 5) is 17.8. The summed E-state index contributed by atoms with van der Waals surface area (Å²) in [5.74, 6) is 1.15. The number of fused-ring (bicyclic) bond motifs is 2. The summed E-state index contributed by atoms with van der Waals surface area (Å²) in [5, 5.41) is 2.89. The van der Waals surface area contributed by atoms with E-state index in [1.807, 2.05) is 84.9 Å². The van der Waals surface area contributed by atoms with Gasteiger partial charge in [-0.25, -0.2) is 9.78 Å². The molecular weight excluding hydrogens is 426 g/mol. The van der Waals surface area contributed by atoms with Crippen LogP contribution in [0.3, 0.4) is 0 Å². The summed E-state index contributed by atoms with van der Waals surface area (Å²) in [5.41, 5.74) is 2.85. The van der Waals surface area contributed by atoms with Gasteiger partial charge >= 0.3 is 5.97 Å². The van der Waals surface area contributed by atoms with Gasteiger partial charge in [0.2, 0.25) is 0 Å². The highest BCUT2D eigenvalue weighted by molar-refractivity contribution is 6.04. The van der Waals surface area contributed by atoms with E-state index in [4.69, 9.17) is 19.2 Å². The Labute approximate surface area is 197 Å². The Hall–Kier alpha value is -4.38. The third-order valence-corrected chi connectivity index (χ3v) is 5.61. The maximum atomic E-state index is 13.0. The molecule has 0 aliphatic rings. The molecule has 0 atom stereocenters. The second kappa shape index (κ2) is 9.63. The van der Waals surface area contributed by atoms with Crippen molar-refractivity contribution in [1.29, 1.82) is 0 Å². The largest absolute Gasteiger partial charge is 0.497 e. The van der Waals surface area contributed by atoms with Crippen LogP contribution < -0.4 is 9.47 Å². The van der Waals surface area contributed by atoms with Crippen LogP contribution in [-0.2, 0) is 4.74 Å². The van der Waals surface area contributed by atoms with Crippen molar-refractivity contribution in [3.05, 3.63) is 103 Å². The molecule has 0 radical (unpaired) electrons. The van der Waals surface area contributed by atoms with Gasteiger partial charge in [0.15, 0.2) is 0 Å². The Morgan fingerprint density at radius 3 is 2.38 bits per heavy atom. The van der Waals surface area contributed by atoms with Crippen LogP contribution in [0, 0.1) is 0 Å². The van der Waals surface area contributed by atoms with Crippen molar-refractivity contribution >= 4 is 27.6 Å². The Balaban J connectivity index is 1.42. The number of esters is 1. The summed E-state index contributed by atoms with van der Waals surface area (Å²) in [7, 11) is 1.66. The molecule has 5 heteroatoms. The number of carbonyl (C=O) groups excluding carboxylic acids is 1. The molecule has 0 amide bonds. The van der Waals surface area contributed by atoms with Crippen LogP contribution >= 0.6 is 0 Å². The zero-order valence-corrected chi connectivity index (χ0v) is 18.7. The summed E-state index contributed by atoms with van der Waals surface area (Å²) in [6.07, 6.45) is 0. The smallest absolute Gasteiger partial charge is 0.339 e. The highest BCUT2D eigenvalue weighted by Crippen LogP contribution is 2.29. The number of benzene rings is 4. The molecule has 5 aromatic rings. The average molecular weight is 450 g/mol. The molecule has 4 aromatic carbocycles. The normalized spacial score (nSPS) is 10.9. The lowest BCUT2D eigenvalue weighted by molar-refractivity contribution is 0.0452. The lowest BCUT2D eigenvalue weighted by Crippen LogP contribution is -2.13. The van der Waals surface area contributed by atoms with Crippen molar-refractivity contribution in [1.82, 2.24) is 4.98 Å². The number of hydrogen-bond donors (Lipinski definition) is 0. The zero-order chi connectivity index (χ0) is 23.3. The van der Waals surface area contributed by atoms with Gasteiger partial charge in [0.05, 0.1) is 23.9 Å². The first-order valence-corrected chi connectivity index (χ1v) is 11.0. The van der Waals surface area contributed by atoms with Crippen molar-refractivity contribution in [3.8, 4) is 22.8 Å². The third-order valence-electron chi connectivity index (χ3n) is 5.61. The summed E-state index contributed by atoms with van der Waals surface area (Å²) in [6.45, 7) is 0.428. The molecule has 5 rings (SSSR count). The fourth-order valence-corrected chi connectivity index (χ4v) is 3.89. The van der Waals surface area contributed by atoms with Crippen molar-refractivity contribution < 1.29 is 19.0 Å². The van der Waals surface area contributed by atoms with Gasteiger partial charge in [0, 0.05) is 10.9 Å². The zero-order valence-electron chi connectivity index (χ0n) is 18.7. The van der Waals surface area contributed by atoms with Gasteiger partial charge in [0.25, 0.3) is 0 Å². The van der Waals surface area contributed by atoms with Crippen LogP contribution in [0.4, 0.5) is 0 Å². The second-order valence-electron chi connectivity index (χ2n) is 7.80. The van der Waals surface area contributed by atoms with E-state index in [0.29, 0.717) is 11.3 Å². The molecular formula is C29H23NO4. The van der Waals surface area contributed by atoms with E-state index in [2.05, 4.69) is 6.07 Å². The van der Waals surface area contributed by atoms with Crippen LogP contribution in [0.25, 0.3) is 32.9 Å². The first kappa shape index (κ1) is 21.5. The summed E-state index contributed by atoms with van der Waals surface area (Å²) in [6, 6.07) is 30.9. The Morgan fingerprint density at radius 1 is 0.765 bits per heavy atom. The van der Waals surface area contributed by atoms with Gasteiger partial charge in [-0.2, -0.15) is 0 Å². The topological polar surface area (TPSA) is 57.7 Å². The van der Waals surface area contributed by atoms with Crippen LogP contribution in [0.1, 0.15) is 10.4 Å². The molecule has 0 saturated carbocycles. The number of pyridine rings is 1. The van der Waals surface area contributed by atoms with Crippen molar-refractivity contribution in [2.75, 3.05) is 20.3 Å². The SMILES string of the molecule is COc1ccc2cc(-c3cc(C(=O)OCCOc4ccccc4)c4ccccc4n3)ccc2c1. The third kappa shape index (κ3) is 4.55. The lowest BCUT2D eigenvalue weighted by Gasteiger charge is -2.11. The van der Waals surface area contributed by atoms with Crippen molar-refractivity contribution in [2.45, 2.75) is 0 Å². The highest BCUT2D eigenvalue weighted by atomic mass is 16.6. The monoisotopic (exact) mass is 449 g/mol. The molecule has 0 fully saturated rings. The molecule has 0 bridgehead atoms. The van der Waals surface area contributed by atoms with Gasteiger partial charge in [-0.1, -0.05) is 54.6 Å². The van der Waals surface area contributed by atoms with Crippen LogP contribution in [0.5, 0.6) is 11.5 Å². The lowest BCUT2D eigenvalue weighted by atomic mass is 10.0. The maximum absolute atomic E-state index is 13.0. The summed E-state index contributed by atoms with van der Waals surface area (Å²) < 4.78 is 16.5. The van der Waals surface area contributed by atoms with E-state index in [9.17, 15) is 4.79 Å². The molecule has 0 saturated heterocycles. The van der Waals surface area contributed by atoms with Crippen LogP contribution in [-0.4, -0.2) is 31.3 Å². The van der Waals surface area contributed by atoms with Gasteiger partial charge < -0.3 is 14.2 Å². The fraction of sp³-hybridized carbons (Fsp3) is 0.103. The molecule has 168 valence electrons. The Bertz CT molecular complexity index is 1460. The van der Waals surface area contributed by atoms with Gasteiger partial charge in [-0.15, -0.1) is 0 Å². The Morgan fingerprint density at radius 2 is 1.53 bits per heavy atom. The number of carbonyl (C=O) groups is 1. The van der Waals surface area contributed by atoms with Gasteiger partial charge in [-0.3, -0.25) is 0 Å². The molecule has 0 unspecified atom stereocenters. The predicted molar refractivity (Wildman–Crippen MR) is 133 cm³/mol.